The second kappa shape index (κ2) is 32.2. The average molecular weight is 527 g/mol. The zero-order valence-corrected chi connectivity index (χ0v) is 26.7. The van der Waals surface area contributed by atoms with Crippen LogP contribution < -0.4 is 0 Å². The van der Waals surface area contributed by atoms with E-state index in [1.54, 1.807) is 0 Å². The number of rotatable bonds is 29. The largest absolute Gasteiger partial charge is 0.0885 e. The summed E-state index contributed by atoms with van der Waals surface area (Å²) in [5.41, 5.74) is 0. The summed E-state index contributed by atoms with van der Waals surface area (Å²) in [6, 6.07) is 0. The molecule has 38 heavy (non-hydrogen) atoms. The van der Waals surface area contributed by atoms with Crippen LogP contribution in [-0.4, -0.2) is 0 Å². The van der Waals surface area contributed by atoms with Crippen LogP contribution >= 0.6 is 0 Å². The van der Waals surface area contributed by atoms with Gasteiger partial charge in [0.25, 0.3) is 0 Å². The van der Waals surface area contributed by atoms with Crippen molar-refractivity contribution in [2.75, 3.05) is 0 Å². The van der Waals surface area contributed by atoms with E-state index in [2.05, 4.69) is 76.3 Å². The fourth-order valence-electron chi connectivity index (χ4n) is 5.15. The first-order valence-corrected chi connectivity index (χ1v) is 17.3. The molecule has 0 N–H and O–H groups in total. The van der Waals surface area contributed by atoms with Crippen LogP contribution in [0.15, 0.2) is 48.6 Å². The minimum Gasteiger partial charge on any atom is -0.0885 e. The molecule has 0 heterocycles. The molecule has 0 aromatic heterocycles. The van der Waals surface area contributed by atoms with Crippen molar-refractivity contribution in [2.45, 2.75) is 182 Å². The first-order chi connectivity index (χ1) is 18.7. The van der Waals surface area contributed by atoms with E-state index in [1.165, 1.54) is 154 Å². The van der Waals surface area contributed by atoms with Gasteiger partial charge in [-0.1, -0.05) is 128 Å². The minimum atomic E-state index is 0.802. The van der Waals surface area contributed by atoms with Gasteiger partial charge in [-0.15, -0.1) is 0 Å². The fourth-order valence-corrected chi connectivity index (χ4v) is 5.15. The number of allylic oxidation sites excluding steroid dienone is 8. The van der Waals surface area contributed by atoms with E-state index >= 15 is 0 Å². The van der Waals surface area contributed by atoms with Gasteiger partial charge in [-0.2, -0.15) is 0 Å². The van der Waals surface area contributed by atoms with E-state index in [9.17, 15) is 0 Å². The van der Waals surface area contributed by atoms with Crippen molar-refractivity contribution in [3.05, 3.63) is 48.6 Å². The molecule has 222 valence electrons. The predicted molar refractivity (Wildman–Crippen MR) is 177 cm³/mol. The highest BCUT2D eigenvalue weighted by Crippen LogP contribution is 2.23. The third-order valence-corrected chi connectivity index (χ3v) is 7.95. The lowest BCUT2D eigenvalue weighted by Crippen LogP contribution is -2.08. The minimum absolute atomic E-state index is 0.802. The van der Waals surface area contributed by atoms with E-state index in [1.807, 2.05) is 0 Å². The van der Waals surface area contributed by atoms with E-state index in [0.717, 1.165) is 11.8 Å². The molecule has 0 atom stereocenters. The second-order valence-electron chi connectivity index (χ2n) is 12.0. The molecule has 0 spiro atoms. The molecule has 0 saturated heterocycles. The zero-order valence-electron chi connectivity index (χ0n) is 26.7. The Bertz CT molecular complexity index is 500. The summed E-state index contributed by atoms with van der Waals surface area (Å²) in [5.74, 6) is 1.67. The Balaban J connectivity index is 3.62. The quantitative estimate of drug-likeness (QED) is 0.0671. The van der Waals surface area contributed by atoms with Gasteiger partial charge in [-0.3, -0.25) is 0 Å². The van der Waals surface area contributed by atoms with Crippen LogP contribution in [0.5, 0.6) is 0 Å². The molecule has 0 aliphatic rings. The third-order valence-electron chi connectivity index (χ3n) is 7.95. The van der Waals surface area contributed by atoms with Crippen molar-refractivity contribution < 1.29 is 0 Å². The van der Waals surface area contributed by atoms with E-state index in [4.69, 9.17) is 0 Å². The van der Waals surface area contributed by atoms with Gasteiger partial charge in [-0.25, -0.2) is 0 Å². The lowest BCUT2D eigenvalue weighted by molar-refractivity contribution is 0.341. The molecular weight excluding hydrogens is 456 g/mol. The summed E-state index contributed by atoms with van der Waals surface area (Å²) in [4.78, 5) is 0. The normalized spacial score (nSPS) is 12.7. The topological polar surface area (TPSA) is 0 Å². The average Bonchev–Trinajstić information content (AvgIpc) is 2.91. The summed E-state index contributed by atoms with van der Waals surface area (Å²) in [7, 11) is 0. The molecule has 0 amide bonds. The summed E-state index contributed by atoms with van der Waals surface area (Å²) >= 11 is 0. The maximum absolute atomic E-state index is 2.46. The van der Waals surface area contributed by atoms with Crippen LogP contribution in [0.1, 0.15) is 182 Å². The lowest BCUT2D eigenvalue weighted by Gasteiger charge is -2.19. The summed E-state index contributed by atoms with van der Waals surface area (Å²) in [6.07, 6.45) is 51.6. The Morgan fingerprint density at radius 2 is 0.605 bits per heavy atom. The van der Waals surface area contributed by atoms with E-state index < -0.39 is 0 Å². The molecule has 0 heteroatoms. The first-order valence-electron chi connectivity index (χ1n) is 17.3. The molecule has 0 aromatic carbocycles. The smallest absolute Gasteiger partial charge is 0.0348 e. The van der Waals surface area contributed by atoms with Gasteiger partial charge in [-0.05, 0) is 115 Å². The molecule has 0 radical (unpaired) electrons. The molecule has 0 aromatic rings. The Kier molecular flexibility index (Phi) is 31.3. The van der Waals surface area contributed by atoms with Gasteiger partial charge in [0.2, 0.25) is 0 Å². The Morgan fingerprint density at radius 1 is 0.342 bits per heavy atom. The highest BCUT2D eigenvalue weighted by atomic mass is 14.2. The van der Waals surface area contributed by atoms with Gasteiger partial charge >= 0.3 is 0 Å². The van der Waals surface area contributed by atoms with Crippen molar-refractivity contribution in [3.63, 3.8) is 0 Å². The van der Waals surface area contributed by atoms with Gasteiger partial charge in [0.1, 0.15) is 0 Å². The van der Waals surface area contributed by atoms with Crippen LogP contribution in [0, 0.1) is 11.8 Å². The Labute approximate surface area is 241 Å². The molecule has 0 saturated carbocycles. The Hall–Kier alpha value is -1.04. The third kappa shape index (κ3) is 29.5. The maximum Gasteiger partial charge on any atom is -0.0348 e. The van der Waals surface area contributed by atoms with Gasteiger partial charge < -0.3 is 0 Å². The summed E-state index contributed by atoms with van der Waals surface area (Å²) in [6.45, 7) is 9.40. The van der Waals surface area contributed by atoms with Gasteiger partial charge in [0, 0.05) is 0 Å². The summed E-state index contributed by atoms with van der Waals surface area (Å²) in [5, 5.41) is 0. The standard InChI is InChI=1S/C38H70/c1-5-7-9-11-13-15-17-19-21-23-25-27-29-31-33-35-38(37(3)4)36-34-32-30-28-26-24-22-20-18-16-14-12-10-8-6-2/h15-18,29-32,37-38H,5-14,19-28,33-36H2,1-4H3/b17-15+,18-16+,31-29+,32-30+. The molecule has 0 unspecified atom stereocenters. The highest BCUT2D eigenvalue weighted by molar-refractivity contribution is 4.86. The van der Waals surface area contributed by atoms with Gasteiger partial charge in [0.05, 0.1) is 0 Å². The molecule has 0 nitrogen and oxygen atoms in total. The zero-order chi connectivity index (χ0) is 27.8. The van der Waals surface area contributed by atoms with Crippen LogP contribution in [0.3, 0.4) is 0 Å². The number of hydrogen-bond donors (Lipinski definition) is 0. The van der Waals surface area contributed by atoms with Crippen molar-refractivity contribution in [1.82, 2.24) is 0 Å². The Morgan fingerprint density at radius 3 is 0.868 bits per heavy atom. The molecule has 0 aliphatic carbocycles. The maximum atomic E-state index is 2.46. The monoisotopic (exact) mass is 527 g/mol. The molecule has 0 rings (SSSR count). The van der Waals surface area contributed by atoms with Crippen LogP contribution in [-0.2, 0) is 0 Å². The first kappa shape index (κ1) is 37.0. The van der Waals surface area contributed by atoms with E-state index in [-0.39, 0.29) is 0 Å². The van der Waals surface area contributed by atoms with Crippen molar-refractivity contribution in [1.29, 1.82) is 0 Å². The molecule has 0 fully saturated rings. The second-order valence-corrected chi connectivity index (χ2v) is 12.0. The number of hydrogen-bond acceptors (Lipinski definition) is 0. The number of unbranched alkanes of at least 4 members (excludes halogenated alkanes) is 16. The van der Waals surface area contributed by atoms with Crippen LogP contribution in [0.2, 0.25) is 0 Å². The van der Waals surface area contributed by atoms with Gasteiger partial charge in [0.15, 0.2) is 0 Å². The SMILES string of the molecule is CCCCCC/C=C/CCCCC/C=C/CCC(CC/C=C/CCCCC/C=C/CCCCCC)C(C)C. The fraction of sp³-hybridized carbons (Fsp3) is 0.789. The molecular formula is C38H70. The van der Waals surface area contributed by atoms with Crippen molar-refractivity contribution in [2.24, 2.45) is 11.8 Å². The van der Waals surface area contributed by atoms with Crippen molar-refractivity contribution >= 4 is 0 Å². The lowest BCUT2D eigenvalue weighted by atomic mass is 9.87. The molecule has 0 bridgehead atoms. The van der Waals surface area contributed by atoms with Crippen molar-refractivity contribution in [3.8, 4) is 0 Å². The van der Waals surface area contributed by atoms with Crippen LogP contribution in [0.25, 0.3) is 0 Å². The predicted octanol–water partition coefficient (Wildman–Crippen LogP) is 13.9. The van der Waals surface area contributed by atoms with Crippen LogP contribution in [0.4, 0.5) is 0 Å². The summed E-state index contributed by atoms with van der Waals surface area (Å²) < 4.78 is 0. The molecule has 0 aliphatic heterocycles. The highest BCUT2D eigenvalue weighted by Gasteiger charge is 2.11. The van der Waals surface area contributed by atoms with E-state index in [0.29, 0.717) is 0 Å².